The maximum Gasteiger partial charge on any atom is 0.259 e. The van der Waals surface area contributed by atoms with E-state index in [1.165, 1.54) is 30.3 Å². The van der Waals surface area contributed by atoms with Crippen LogP contribution in [0.3, 0.4) is 0 Å². The van der Waals surface area contributed by atoms with E-state index in [9.17, 15) is 14.3 Å². The van der Waals surface area contributed by atoms with Crippen molar-refractivity contribution in [3.05, 3.63) is 58.3 Å². The summed E-state index contributed by atoms with van der Waals surface area (Å²) < 4.78 is 14.0. The molecule has 0 saturated heterocycles. The first-order valence-electron chi connectivity index (χ1n) is 5.12. The first kappa shape index (κ1) is 12.6. The number of benzene rings is 2. The number of hydrogen-bond donors (Lipinski definition) is 2. The van der Waals surface area contributed by atoms with Crippen LogP contribution in [0.15, 0.2) is 46.9 Å². The number of carbonyl (C=O) groups excluding carboxylic acids is 1. The highest BCUT2D eigenvalue weighted by Gasteiger charge is 2.13. The summed E-state index contributed by atoms with van der Waals surface area (Å²) in [6.07, 6.45) is 0. The summed E-state index contributed by atoms with van der Waals surface area (Å²) in [7, 11) is 0. The van der Waals surface area contributed by atoms with Gasteiger partial charge in [0.1, 0.15) is 11.6 Å². The molecule has 2 aromatic carbocycles. The second kappa shape index (κ2) is 5.18. The zero-order valence-corrected chi connectivity index (χ0v) is 10.7. The third-order valence-corrected chi connectivity index (χ3v) is 2.82. The average Bonchev–Trinajstić information content (AvgIpc) is 2.32. The van der Waals surface area contributed by atoms with Gasteiger partial charge in [0.15, 0.2) is 0 Å². The average molecular weight is 310 g/mol. The van der Waals surface area contributed by atoms with Gasteiger partial charge in [-0.15, -0.1) is 0 Å². The molecule has 2 N–H and O–H groups in total. The normalized spacial score (nSPS) is 10.1. The van der Waals surface area contributed by atoms with Crippen LogP contribution in [0.1, 0.15) is 10.4 Å². The molecule has 0 radical (unpaired) electrons. The minimum absolute atomic E-state index is 0.0739. The van der Waals surface area contributed by atoms with Gasteiger partial charge in [0.05, 0.1) is 11.3 Å². The molecular formula is C13H9BrFNO2. The highest BCUT2D eigenvalue weighted by molar-refractivity contribution is 9.10. The molecule has 18 heavy (non-hydrogen) atoms. The molecule has 5 heteroatoms. The van der Waals surface area contributed by atoms with Crippen molar-refractivity contribution in [1.29, 1.82) is 0 Å². The van der Waals surface area contributed by atoms with Crippen molar-refractivity contribution in [3.8, 4) is 5.75 Å². The Morgan fingerprint density at radius 3 is 2.61 bits per heavy atom. The van der Waals surface area contributed by atoms with E-state index in [1.807, 2.05) is 0 Å². The largest absolute Gasteiger partial charge is 0.507 e. The molecular weight excluding hydrogens is 301 g/mol. The van der Waals surface area contributed by atoms with Crippen LogP contribution >= 0.6 is 15.9 Å². The lowest BCUT2D eigenvalue weighted by atomic mass is 10.2. The standard InChI is InChI=1S/C13H9BrFNO2/c14-8-5-6-9(12(17)7-8)13(18)16-11-4-2-1-3-10(11)15/h1-7,17H,(H,16,18). The number of aromatic hydroxyl groups is 1. The maximum atomic E-state index is 13.3. The number of hydrogen-bond acceptors (Lipinski definition) is 2. The molecule has 1 amide bonds. The zero-order valence-electron chi connectivity index (χ0n) is 9.15. The topological polar surface area (TPSA) is 49.3 Å². The number of rotatable bonds is 2. The van der Waals surface area contributed by atoms with E-state index in [2.05, 4.69) is 21.2 Å². The second-order valence-corrected chi connectivity index (χ2v) is 4.51. The lowest BCUT2D eigenvalue weighted by molar-refractivity contribution is 0.102. The zero-order chi connectivity index (χ0) is 13.1. The van der Waals surface area contributed by atoms with Gasteiger partial charge >= 0.3 is 0 Å². The van der Waals surface area contributed by atoms with E-state index in [0.717, 1.165) is 0 Å². The summed E-state index contributed by atoms with van der Waals surface area (Å²) in [6, 6.07) is 10.3. The molecule has 0 aromatic heterocycles. The molecule has 2 aromatic rings. The molecule has 0 aliphatic carbocycles. The van der Waals surface area contributed by atoms with Crippen molar-refractivity contribution < 1.29 is 14.3 Å². The Morgan fingerprint density at radius 1 is 1.22 bits per heavy atom. The summed E-state index contributed by atoms with van der Waals surface area (Å²) in [5.74, 6) is -1.26. The molecule has 0 atom stereocenters. The van der Waals surface area contributed by atoms with Crippen molar-refractivity contribution in [2.24, 2.45) is 0 Å². The third kappa shape index (κ3) is 2.68. The molecule has 92 valence electrons. The fourth-order valence-electron chi connectivity index (χ4n) is 1.45. The predicted octanol–water partition coefficient (Wildman–Crippen LogP) is 3.55. The molecule has 0 aliphatic heterocycles. The number of nitrogens with one attached hydrogen (secondary N) is 1. The Balaban J connectivity index is 2.25. The van der Waals surface area contributed by atoms with Crippen molar-refractivity contribution in [2.75, 3.05) is 5.32 Å². The molecule has 0 saturated carbocycles. The Kier molecular flexibility index (Phi) is 3.62. The van der Waals surface area contributed by atoms with Crippen molar-refractivity contribution in [2.45, 2.75) is 0 Å². The number of anilines is 1. The molecule has 0 fully saturated rings. The summed E-state index contributed by atoms with van der Waals surface area (Å²) in [4.78, 5) is 11.8. The fourth-order valence-corrected chi connectivity index (χ4v) is 1.80. The van der Waals surface area contributed by atoms with Gasteiger partial charge in [0, 0.05) is 4.47 Å². The lowest BCUT2D eigenvalue weighted by Gasteiger charge is -2.07. The summed E-state index contributed by atoms with van der Waals surface area (Å²) in [5, 5.41) is 12.0. The maximum absolute atomic E-state index is 13.3. The second-order valence-electron chi connectivity index (χ2n) is 3.60. The van der Waals surface area contributed by atoms with Crippen LogP contribution in [0, 0.1) is 5.82 Å². The predicted molar refractivity (Wildman–Crippen MR) is 70.2 cm³/mol. The summed E-state index contributed by atoms with van der Waals surface area (Å²) >= 11 is 3.17. The van der Waals surface area contributed by atoms with Crippen LogP contribution < -0.4 is 5.32 Å². The number of carbonyl (C=O) groups is 1. The Labute approximate surface area is 111 Å². The van der Waals surface area contributed by atoms with Gasteiger partial charge in [0.2, 0.25) is 0 Å². The Morgan fingerprint density at radius 2 is 1.94 bits per heavy atom. The van der Waals surface area contributed by atoms with Gasteiger partial charge in [-0.2, -0.15) is 0 Å². The molecule has 0 heterocycles. The highest BCUT2D eigenvalue weighted by Crippen LogP contribution is 2.23. The van der Waals surface area contributed by atoms with Gasteiger partial charge in [-0.25, -0.2) is 4.39 Å². The molecule has 0 spiro atoms. The van der Waals surface area contributed by atoms with Gasteiger partial charge in [0.25, 0.3) is 5.91 Å². The van der Waals surface area contributed by atoms with Crippen molar-refractivity contribution in [1.82, 2.24) is 0 Å². The fraction of sp³-hybridized carbons (Fsp3) is 0. The van der Waals surface area contributed by atoms with E-state index in [1.54, 1.807) is 12.1 Å². The molecule has 2 rings (SSSR count). The molecule has 0 aliphatic rings. The highest BCUT2D eigenvalue weighted by atomic mass is 79.9. The summed E-state index contributed by atoms with van der Waals surface area (Å²) in [5.41, 5.74) is 0.159. The molecule has 3 nitrogen and oxygen atoms in total. The van der Waals surface area contributed by atoms with Gasteiger partial charge in [-0.3, -0.25) is 4.79 Å². The molecule has 0 bridgehead atoms. The smallest absolute Gasteiger partial charge is 0.259 e. The first-order chi connectivity index (χ1) is 8.58. The number of phenols is 1. The van der Waals surface area contributed by atoms with E-state index in [-0.39, 0.29) is 17.0 Å². The monoisotopic (exact) mass is 309 g/mol. The van der Waals surface area contributed by atoms with E-state index < -0.39 is 11.7 Å². The Hall–Kier alpha value is -1.88. The number of para-hydroxylation sites is 1. The number of phenolic OH excluding ortho intramolecular Hbond substituents is 1. The quantitative estimate of drug-likeness (QED) is 0.891. The van der Waals surface area contributed by atoms with Crippen LogP contribution in [0.2, 0.25) is 0 Å². The lowest BCUT2D eigenvalue weighted by Crippen LogP contribution is -2.13. The minimum Gasteiger partial charge on any atom is -0.507 e. The Bertz CT molecular complexity index is 601. The van der Waals surface area contributed by atoms with Crippen LogP contribution in [0.25, 0.3) is 0 Å². The number of halogens is 2. The van der Waals surface area contributed by atoms with Gasteiger partial charge in [-0.05, 0) is 30.3 Å². The van der Waals surface area contributed by atoms with Gasteiger partial charge in [-0.1, -0.05) is 28.1 Å². The van der Waals surface area contributed by atoms with E-state index in [4.69, 9.17) is 0 Å². The van der Waals surface area contributed by atoms with Crippen molar-refractivity contribution in [3.63, 3.8) is 0 Å². The first-order valence-corrected chi connectivity index (χ1v) is 5.91. The SMILES string of the molecule is O=C(Nc1ccccc1F)c1ccc(Br)cc1O. The molecule has 0 unspecified atom stereocenters. The van der Waals surface area contributed by atoms with E-state index >= 15 is 0 Å². The van der Waals surface area contributed by atoms with Gasteiger partial charge < -0.3 is 10.4 Å². The third-order valence-electron chi connectivity index (χ3n) is 2.33. The van der Waals surface area contributed by atoms with Crippen LogP contribution in [-0.4, -0.2) is 11.0 Å². The summed E-state index contributed by atoms with van der Waals surface area (Å²) in [6.45, 7) is 0. The van der Waals surface area contributed by atoms with Crippen molar-refractivity contribution >= 4 is 27.5 Å². The minimum atomic E-state index is -0.565. The van der Waals surface area contributed by atoms with E-state index in [0.29, 0.717) is 4.47 Å². The van der Waals surface area contributed by atoms with Crippen LogP contribution in [-0.2, 0) is 0 Å². The number of amides is 1. The van der Waals surface area contributed by atoms with Crippen LogP contribution in [0.5, 0.6) is 5.75 Å². The van der Waals surface area contributed by atoms with Crippen LogP contribution in [0.4, 0.5) is 10.1 Å².